The molecule has 20 heavy (non-hydrogen) atoms. The van der Waals surface area contributed by atoms with Crippen LogP contribution in [0.25, 0.3) is 0 Å². The third-order valence-electron chi connectivity index (χ3n) is 6.13. The van der Waals surface area contributed by atoms with Crippen LogP contribution in [0.1, 0.15) is 58.3 Å². The lowest BCUT2D eigenvalue weighted by molar-refractivity contribution is -0.144. The molecule has 0 radical (unpaired) electrons. The SMILES string of the molecule is CCC1(C(=O)N2CCC3(CCNC3)CC2)CCCC1.Cl. The summed E-state index contributed by atoms with van der Waals surface area (Å²) in [5.41, 5.74) is 0.532. The van der Waals surface area contributed by atoms with E-state index in [-0.39, 0.29) is 17.8 Å². The molecular formula is C16H29ClN2O. The third kappa shape index (κ3) is 2.71. The second kappa shape index (κ2) is 6.23. The molecule has 0 aromatic carbocycles. The van der Waals surface area contributed by atoms with E-state index in [0.717, 1.165) is 32.4 Å². The lowest BCUT2D eigenvalue weighted by Crippen LogP contribution is -2.49. The van der Waals surface area contributed by atoms with Gasteiger partial charge in [0.2, 0.25) is 5.91 Å². The summed E-state index contributed by atoms with van der Waals surface area (Å²) in [5.74, 6) is 0.480. The predicted octanol–water partition coefficient (Wildman–Crippen LogP) is 2.98. The van der Waals surface area contributed by atoms with E-state index in [1.807, 2.05) is 0 Å². The van der Waals surface area contributed by atoms with Gasteiger partial charge < -0.3 is 10.2 Å². The fourth-order valence-corrected chi connectivity index (χ4v) is 4.51. The summed E-state index contributed by atoms with van der Waals surface area (Å²) in [6.07, 6.45) is 9.54. The topological polar surface area (TPSA) is 32.3 Å². The Morgan fingerprint density at radius 2 is 1.75 bits per heavy atom. The zero-order valence-electron chi connectivity index (χ0n) is 12.7. The number of nitrogens with one attached hydrogen (secondary N) is 1. The molecule has 1 spiro atoms. The van der Waals surface area contributed by atoms with Crippen LogP contribution in [-0.4, -0.2) is 37.0 Å². The molecule has 0 atom stereocenters. The maximum absolute atomic E-state index is 12.9. The van der Waals surface area contributed by atoms with Gasteiger partial charge in [0.1, 0.15) is 0 Å². The summed E-state index contributed by atoms with van der Waals surface area (Å²) in [6.45, 7) is 6.56. The molecule has 116 valence electrons. The molecule has 1 aliphatic carbocycles. The van der Waals surface area contributed by atoms with Crippen LogP contribution in [0, 0.1) is 10.8 Å². The molecule has 3 rings (SSSR count). The van der Waals surface area contributed by atoms with Crippen molar-refractivity contribution in [1.82, 2.24) is 10.2 Å². The van der Waals surface area contributed by atoms with Gasteiger partial charge >= 0.3 is 0 Å². The largest absolute Gasteiger partial charge is 0.342 e. The van der Waals surface area contributed by atoms with E-state index >= 15 is 0 Å². The molecular weight excluding hydrogens is 272 g/mol. The van der Waals surface area contributed by atoms with E-state index in [0.29, 0.717) is 11.3 Å². The molecule has 0 aromatic heterocycles. The maximum Gasteiger partial charge on any atom is 0.228 e. The van der Waals surface area contributed by atoms with Crippen molar-refractivity contribution in [3.8, 4) is 0 Å². The van der Waals surface area contributed by atoms with Crippen LogP contribution in [0.5, 0.6) is 0 Å². The van der Waals surface area contributed by atoms with Crippen molar-refractivity contribution >= 4 is 18.3 Å². The average molecular weight is 301 g/mol. The first kappa shape index (κ1) is 16.1. The summed E-state index contributed by atoms with van der Waals surface area (Å²) >= 11 is 0. The first-order valence-corrected chi connectivity index (χ1v) is 8.20. The highest BCUT2D eigenvalue weighted by atomic mass is 35.5. The van der Waals surface area contributed by atoms with E-state index < -0.39 is 0 Å². The molecule has 3 fully saturated rings. The molecule has 1 amide bonds. The fourth-order valence-electron chi connectivity index (χ4n) is 4.51. The number of likely N-dealkylation sites (tertiary alicyclic amines) is 1. The first-order valence-electron chi connectivity index (χ1n) is 8.20. The fraction of sp³-hybridized carbons (Fsp3) is 0.938. The minimum absolute atomic E-state index is 0. The lowest BCUT2D eigenvalue weighted by atomic mass is 9.76. The Labute approximate surface area is 129 Å². The van der Waals surface area contributed by atoms with Gasteiger partial charge in [-0.2, -0.15) is 0 Å². The van der Waals surface area contributed by atoms with Crippen LogP contribution < -0.4 is 5.32 Å². The van der Waals surface area contributed by atoms with E-state index in [1.54, 1.807) is 0 Å². The van der Waals surface area contributed by atoms with Gasteiger partial charge in [0.15, 0.2) is 0 Å². The highest BCUT2D eigenvalue weighted by Crippen LogP contribution is 2.44. The van der Waals surface area contributed by atoms with E-state index in [4.69, 9.17) is 0 Å². The molecule has 3 aliphatic rings. The minimum Gasteiger partial charge on any atom is -0.342 e. The molecule has 2 saturated heterocycles. The van der Waals surface area contributed by atoms with Crippen LogP contribution in [0.3, 0.4) is 0 Å². The number of hydrogen-bond donors (Lipinski definition) is 1. The Balaban J connectivity index is 0.00000147. The quantitative estimate of drug-likeness (QED) is 0.850. The Morgan fingerprint density at radius 1 is 1.10 bits per heavy atom. The summed E-state index contributed by atoms with van der Waals surface area (Å²) in [7, 11) is 0. The molecule has 1 saturated carbocycles. The molecule has 1 N–H and O–H groups in total. The Bertz CT molecular complexity index is 336. The monoisotopic (exact) mass is 300 g/mol. The normalized spacial score (nSPS) is 27.6. The smallest absolute Gasteiger partial charge is 0.228 e. The van der Waals surface area contributed by atoms with E-state index in [9.17, 15) is 4.79 Å². The second-order valence-electron chi connectivity index (χ2n) is 7.06. The number of carbonyl (C=O) groups is 1. The van der Waals surface area contributed by atoms with Crippen LogP contribution >= 0.6 is 12.4 Å². The predicted molar refractivity (Wildman–Crippen MR) is 84.2 cm³/mol. The van der Waals surface area contributed by atoms with Gasteiger partial charge in [-0.3, -0.25) is 4.79 Å². The number of rotatable bonds is 2. The Morgan fingerprint density at radius 3 is 2.25 bits per heavy atom. The van der Waals surface area contributed by atoms with Crippen LogP contribution in [0.2, 0.25) is 0 Å². The molecule has 3 nitrogen and oxygen atoms in total. The molecule has 0 aromatic rings. The van der Waals surface area contributed by atoms with Gasteiger partial charge in [0, 0.05) is 25.0 Å². The Hall–Kier alpha value is -0.280. The van der Waals surface area contributed by atoms with Crippen molar-refractivity contribution in [2.75, 3.05) is 26.2 Å². The van der Waals surface area contributed by atoms with Gasteiger partial charge in [0.05, 0.1) is 0 Å². The Kier molecular flexibility index (Phi) is 5.01. The van der Waals surface area contributed by atoms with Crippen LogP contribution in [0.4, 0.5) is 0 Å². The number of hydrogen-bond acceptors (Lipinski definition) is 2. The van der Waals surface area contributed by atoms with Crippen molar-refractivity contribution in [2.45, 2.75) is 58.3 Å². The average Bonchev–Trinajstić information content (AvgIpc) is 3.09. The molecule has 2 heterocycles. The number of nitrogens with zero attached hydrogens (tertiary/aromatic N) is 1. The second-order valence-corrected chi connectivity index (χ2v) is 7.06. The van der Waals surface area contributed by atoms with Gasteiger partial charge in [-0.15, -0.1) is 12.4 Å². The maximum atomic E-state index is 12.9. The zero-order chi connectivity index (χ0) is 13.3. The molecule has 4 heteroatoms. The van der Waals surface area contributed by atoms with Crippen molar-refractivity contribution in [3.05, 3.63) is 0 Å². The van der Waals surface area contributed by atoms with Gasteiger partial charge in [-0.1, -0.05) is 19.8 Å². The summed E-state index contributed by atoms with van der Waals surface area (Å²) in [6, 6.07) is 0. The zero-order valence-corrected chi connectivity index (χ0v) is 13.6. The van der Waals surface area contributed by atoms with E-state index in [2.05, 4.69) is 17.1 Å². The molecule has 0 bridgehead atoms. The number of amides is 1. The van der Waals surface area contributed by atoms with E-state index in [1.165, 1.54) is 45.2 Å². The first-order chi connectivity index (χ1) is 9.20. The van der Waals surface area contributed by atoms with Gasteiger partial charge in [-0.05, 0) is 50.5 Å². The van der Waals surface area contributed by atoms with Crippen molar-refractivity contribution in [1.29, 1.82) is 0 Å². The van der Waals surface area contributed by atoms with Gasteiger partial charge in [0.25, 0.3) is 0 Å². The highest BCUT2D eigenvalue weighted by molar-refractivity contribution is 5.85. The molecule has 2 aliphatic heterocycles. The number of halogens is 1. The standard InChI is InChI=1S/C16H28N2O.ClH/c1-2-16(5-3-4-6-16)14(19)18-11-8-15(9-12-18)7-10-17-13-15;/h17H,2-13H2,1H3;1H. The highest BCUT2D eigenvalue weighted by Gasteiger charge is 2.45. The number of piperidine rings is 1. The summed E-state index contributed by atoms with van der Waals surface area (Å²) < 4.78 is 0. The number of carbonyl (C=O) groups excluding carboxylic acids is 1. The van der Waals surface area contributed by atoms with Crippen molar-refractivity contribution in [2.24, 2.45) is 10.8 Å². The minimum atomic E-state index is 0. The van der Waals surface area contributed by atoms with Crippen LogP contribution in [-0.2, 0) is 4.79 Å². The van der Waals surface area contributed by atoms with Crippen molar-refractivity contribution < 1.29 is 4.79 Å². The van der Waals surface area contributed by atoms with Crippen molar-refractivity contribution in [3.63, 3.8) is 0 Å². The van der Waals surface area contributed by atoms with Gasteiger partial charge in [-0.25, -0.2) is 0 Å². The van der Waals surface area contributed by atoms with Crippen LogP contribution in [0.15, 0.2) is 0 Å². The third-order valence-corrected chi connectivity index (χ3v) is 6.13. The lowest BCUT2D eigenvalue weighted by Gasteiger charge is -2.42. The molecule has 0 unspecified atom stereocenters. The summed E-state index contributed by atoms with van der Waals surface area (Å²) in [5, 5.41) is 3.50. The summed E-state index contributed by atoms with van der Waals surface area (Å²) in [4.78, 5) is 15.1.